The lowest BCUT2D eigenvalue weighted by Gasteiger charge is -2.36. The Morgan fingerprint density at radius 3 is 1.02 bits per heavy atom. The number of ether oxygens (including phenoxy) is 6. The molecular weight excluding hydrogens is 1970 g/mol. The van der Waals surface area contributed by atoms with Crippen molar-refractivity contribution in [1.29, 1.82) is 0 Å². The molecule has 12 heterocycles. The van der Waals surface area contributed by atoms with E-state index in [4.69, 9.17) is 46.4 Å². The smallest absolute Gasteiger partial charge is 0.293 e. The molecule has 750 valence electrons. The molecule has 37 nitrogen and oxygen atoms in total. The van der Waals surface area contributed by atoms with Crippen LogP contribution in [0.5, 0.6) is 0 Å². The molecule has 21 N–H and O–H groups in total. The van der Waals surface area contributed by atoms with Crippen molar-refractivity contribution in [3.8, 4) is 0 Å². The summed E-state index contributed by atoms with van der Waals surface area (Å²) in [6, 6.07) is 0. The molecule has 0 aromatic carbocycles. The van der Waals surface area contributed by atoms with Crippen molar-refractivity contribution < 1.29 is 119 Å². The standard InChI is InChI=1S/C17H28N3O4P.C15H25N2O4P.C14H22IN2O4P.C14H23N2O5P.C14H25N2O4P.C14H23N2O3PS/c1-11-19-16(23)12(6-5-8-18)10-20(11)17-15(22)14(21)13(24-17)7-9-25(2,3)4;1-9-8-17(10(2)16-14(9)20)15-13(19)12(18)11(21-15)6-7-22(3,4)5;1-8-16-13(20)9(15)7-17(8)14-12(19)11(18)10(21-14)5-6-22(2,3)4;1-8-15-13(20)9(17)7-16(8)14-12(19)11(18)10(21-14)5-6-22(2,3)4;1-9-15-11(17)5-7-16(9)14-13(19)12(18)10(20-14)6-8-21(2,3)4;1-9-15-11(21)5-7-16(9)14-13(18)12(17)10(19-14)6-8-20(2,3)4/h5-6,10,13-15,17,21-22H,1-2,7-9,18H2,3-4H3,(H,19,23);8,11-13,15,18-19H,2-3,6-7H2,1,4-5H3,(H,16,20);7,10-12,14,18-19H,1-2,5-6H2,3-4H3,(H,16,20);7,10-12,14,17-19H,1-2,5-6H2,3-4H3,(H,15,20);10,12-14,18-19H,1-2,5-8H2,3-4H3,(H,15,17);5,7,10,12-14,17-18H,1-2,6,8H2,3-4H3,(H,15,21)/b6-5+;;;;;. The van der Waals surface area contributed by atoms with E-state index in [2.05, 4.69) is 189 Å². The summed E-state index contributed by atoms with van der Waals surface area (Å²) >= 11 is 6.93. The molecule has 133 heavy (non-hydrogen) atoms. The molecule has 45 heteroatoms. The highest BCUT2D eigenvalue weighted by Crippen LogP contribution is 2.46. The fourth-order valence-electron chi connectivity index (χ4n) is 15.2. The van der Waals surface area contributed by atoms with Crippen molar-refractivity contribution >= 4 is 148 Å². The molecule has 7 saturated heterocycles. The van der Waals surface area contributed by atoms with E-state index in [9.17, 15) is 90.4 Å². The molecule has 24 atom stereocenters. The largest absolute Gasteiger partial charge is 0.502 e. The number of carbonyl (C=O) groups excluding carboxylic acids is 5. The fourth-order valence-corrected chi connectivity index (χ4v) is 21.5. The minimum atomic E-state index is -1.26. The first kappa shape index (κ1) is 114. The molecule has 0 aromatic rings. The molecule has 7 fully saturated rings. The van der Waals surface area contributed by atoms with E-state index in [1.54, 1.807) is 69.6 Å². The quantitative estimate of drug-likeness (QED) is 0.0330. The van der Waals surface area contributed by atoms with E-state index in [-0.39, 0.29) is 41.4 Å². The summed E-state index contributed by atoms with van der Waals surface area (Å²) in [7, 11) is 0. The highest BCUT2D eigenvalue weighted by atomic mass is 127. The maximum absolute atomic E-state index is 12.0. The highest BCUT2D eigenvalue weighted by Gasteiger charge is 2.53. The Hall–Kier alpha value is -5.51. The van der Waals surface area contributed by atoms with Crippen LogP contribution in [0, 0.1) is 0 Å². The third-order valence-electron chi connectivity index (χ3n) is 22.9. The van der Waals surface area contributed by atoms with E-state index in [0.29, 0.717) is 101 Å². The van der Waals surface area contributed by atoms with Gasteiger partial charge in [-0.2, -0.15) is 0 Å². The summed E-state index contributed by atoms with van der Waals surface area (Å²) in [6.45, 7) is 43.1. The molecule has 12 aliphatic heterocycles. The van der Waals surface area contributed by atoms with Crippen LogP contribution in [0.4, 0.5) is 0 Å². The van der Waals surface area contributed by atoms with Gasteiger partial charge in [0.2, 0.25) is 5.91 Å². The Morgan fingerprint density at radius 1 is 0.398 bits per heavy atom. The first-order valence-electron chi connectivity index (χ1n) is 43.4. The Kier molecular flexibility index (Phi) is 41.4. The summed E-state index contributed by atoms with van der Waals surface area (Å²) in [5.74, 6) is 0.0114. The molecule has 24 unspecified atom stereocenters. The minimum Gasteiger partial charge on any atom is -0.502 e. The monoisotopic (exact) mass is 2110 g/mol. The number of hydrogen-bond donors (Lipinski definition) is 20. The predicted octanol–water partition coefficient (Wildman–Crippen LogP) is 1.30. The molecule has 12 aliphatic rings. The minimum absolute atomic E-state index is 0.0931. The van der Waals surface area contributed by atoms with Crippen LogP contribution in [-0.4, -0.2) is 445 Å². The van der Waals surface area contributed by atoms with Gasteiger partial charge in [-0.25, -0.2) is 0 Å². The van der Waals surface area contributed by atoms with Gasteiger partial charge in [-0.05, 0) is 191 Å². The zero-order valence-corrected chi connectivity index (χ0v) is 86.9. The third kappa shape index (κ3) is 32.8. The van der Waals surface area contributed by atoms with Gasteiger partial charge in [0.1, 0.15) is 113 Å². The van der Waals surface area contributed by atoms with Crippen LogP contribution in [0.15, 0.2) is 144 Å². The fraction of sp³-hybridized carbons (Fsp3) is 0.591. The first-order valence-corrected chi connectivity index (χ1v) is 63.2. The second-order valence-corrected chi connectivity index (χ2v) is 66.3. The van der Waals surface area contributed by atoms with Crippen LogP contribution in [0.2, 0.25) is 0 Å². The Balaban J connectivity index is 0.000000218. The molecule has 5 amide bonds. The van der Waals surface area contributed by atoms with Gasteiger partial charge in [0, 0.05) is 49.9 Å². The number of rotatable bonds is 26. The number of nitrogens with one attached hydrogen (secondary N) is 6. The van der Waals surface area contributed by atoms with E-state index >= 15 is 0 Å². The first-order chi connectivity index (χ1) is 61.3. The number of nitrogens with two attached hydrogens (primary N) is 1. The van der Waals surface area contributed by atoms with Gasteiger partial charge in [0.25, 0.3) is 23.6 Å². The van der Waals surface area contributed by atoms with Gasteiger partial charge in [-0.1, -0.05) is 63.8 Å². The van der Waals surface area contributed by atoms with Crippen LogP contribution < -0.4 is 37.6 Å². The molecule has 0 saturated carbocycles. The van der Waals surface area contributed by atoms with Crippen molar-refractivity contribution in [3.63, 3.8) is 0 Å². The van der Waals surface area contributed by atoms with E-state index in [1.165, 1.54) is 9.80 Å². The number of nitrogens with zero attached hydrogens (tertiary/aromatic N) is 6. The highest BCUT2D eigenvalue weighted by molar-refractivity contribution is 14.1. The van der Waals surface area contributed by atoms with Crippen LogP contribution in [-0.2, 0) is 52.4 Å². The molecule has 0 spiro atoms. The van der Waals surface area contributed by atoms with Crippen molar-refractivity contribution in [2.75, 3.05) is 130 Å². The SMILES string of the molecule is C=C1NC(=O)C(/C=C/CN)=CN1C1OC(CCP(=C)(C)C)C(O)C1O.C=C1NC(=O)C(C)=CN1C1OC(CCP(=C)(C)C)C(O)C1O.C=C1NC(=O)C(I)=CN1C1OC(CCP(=C)(C)C)C(O)C1O.C=C1NC(=O)C(O)=CN1C1OC(CCP(=C)(C)C)C(O)C1O.C=C1NC(=O)CCN1C1OC(CCP(=C)(C)C)C(O)C1O.C=C1NC(=S)C=CN1C1OC(CCP(=C)(C)C)C(O)C1O. The lowest BCUT2D eigenvalue weighted by molar-refractivity contribution is -0.128. The molecule has 12 rings (SSSR count). The Labute approximate surface area is 802 Å². The zero-order valence-electron chi connectivity index (χ0n) is 78.6. The van der Waals surface area contributed by atoms with E-state index < -0.39 is 194 Å². The topological polar surface area (TPSA) is 521 Å². The van der Waals surface area contributed by atoms with Gasteiger partial charge >= 0.3 is 0 Å². The molecule has 0 aromatic heterocycles. The van der Waals surface area contributed by atoms with Gasteiger partial charge in [-0.15, -0.1) is 79.1 Å². The van der Waals surface area contributed by atoms with Crippen LogP contribution in [0.1, 0.15) is 51.9 Å². The number of amides is 5. The Bertz CT molecular complexity index is 4570. The third-order valence-corrected chi connectivity index (χ3v) is 32.7. The summed E-state index contributed by atoms with van der Waals surface area (Å²) in [6.07, 6.45) is 27.3. The van der Waals surface area contributed by atoms with Crippen LogP contribution in [0.3, 0.4) is 0 Å². The summed E-state index contributed by atoms with van der Waals surface area (Å²) in [4.78, 5) is 67.6. The lowest BCUT2D eigenvalue weighted by Crippen LogP contribution is -2.51. The normalized spacial score (nSPS) is 32.8. The Morgan fingerprint density at radius 2 is 0.684 bits per heavy atom. The maximum Gasteiger partial charge on any atom is 0.293 e. The number of aliphatic hydroxyl groups excluding tert-OH is 13. The predicted molar refractivity (Wildman–Crippen MR) is 550 cm³/mol. The van der Waals surface area contributed by atoms with Gasteiger partial charge in [0.05, 0.1) is 52.0 Å². The molecule has 0 aliphatic carbocycles. The van der Waals surface area contributed by atoms with Crippen molar-refractivity contribution in [2.45, 2.75) is 199 Å². The van der Waals surface area contributed by atoms with Crippen molar-refractivity contribution in [2.24, 2.45) is 5.73 Å². The van der Waals surface area contributed by atoms with Crippen molar-refractivity contribution in [3.05, 3.63) is 144 Å². The molecular formula is C88H146IN13O24P6S. The number of halogens is 1. The number of hydrogen-bond acceptors (Lipinski definition) is 32. The number of aliphatic hydroxyl groups is 13. The van der Waals surface area contributed by atoms with Gasteiger partial charge in [-0.3, -0.25) is 24.0 Å². The van der Waals surface area contributed by atoms with E-state index in [0.717, 1.165) is 43.2 Å². The van der Waals surface area contributed by atoms with Gasteiger partial charge in [0.15, 0.2) is 43.1 Å². The molecule has 0 radical (unpaired) electrons. The van der Waals surface area contributed by atoms with Crippen LogP contribution in [0.25, 0.3) is 0 Å². The van der Waals surface area contributed by atoms with E-state index in [1.807, 2.05) is 22.6 Å². The zero-order chi connectivity index (χ0) is 100. The van der Waals surface area contributed by atoms with Crippen molar-refractivity contribution in [1.82, 2.24) is 61.3 Å². The number of thiocarbonyl (C=S) groups is 1. The average molecular weight is 2120 g/mol. The lowest BCUT2D eigenvalue weighted by atomic mass is 10.1. The average Bonchev–Trinajstić information content (AvgIpc) is 1.67. The second kappa shape index (κ2) is 48.1. The van der Waals surface area contributed by atoms with Crippen LogP contribution >= 0.6 is 76.1 Å². The summed E-state index contributed by atoms with van der Waals surface area (Å²) in [5, 5.41) is 148. The van der Waals surface area contributed by atoms with Gasteiger partial charge < -0.3 is 162 Å². The maximum atomic E-state index is 12.0. The number of carbonyl (C=O) groups is 5. The summed E-state index contributed by atoms with van der Waals surface area (Å²) in [5.41, 5.74) is 6.29. The molecule has 0 bridgehead atoms. The summed E-state index contributed by atoms with van der Waals surface area (Å²) < 4.78 is 35.4. The second-order valence-electron chi connectivity index (χ2n) is 38.8.